The van der Waals surface area contributed by atoms with Crippen molar-refractivity contribution in [2.45, 2.75) is 38.3 Å². The van der Waals surface area contributed by atoms with Gasteiger partial charge in [-0.25, -0.2) is 5.10 Å². The van der Waals surface area contributed by atoms with Crippen molar-refractivity contribution < 1.29 is 13.2 Å². The molecule has 27 heavy (non-hydrogen) atoms. The average Bonchev–Trinajstić information content (AvgIpc) is 2.97. The first-order valence-corrected chi connectivity index (χ1v) is 8.87. The maximum atomic E-state index is 11.5. The number of nitrogens with one attached hydrogen (secondary N) is 1. The predicted molar refractivity (Wildman–Crippen MR) is 101 cm³/mol. The summed E-state index contributed by atoms with van der Waals surface area (Å²) in [5.41, 5.74) is 6.65. The van der Waals surface area contributed by atoms with Gasteiger partial charge in [0.05, 0.1) is 17.8 Å². The highest BCUT2D eigenvalue weighted by Gasteiger charge is 2.42. The molecule has 1 aliphatic heterocycles. The SMILES string of the molecule is C#C.C=C(N)CC1CCN(c2cn[nH]c(=O)c2Cl)C1.FC(F)(F)C1CCC1. The largest absolute Gasteiger partial charge is 0.403 e. The Bertz CT molecular complexity index is 698. The Balaban J connectivity index is 0.000000305. The second-order valence-electron chi connectivity index (χ2n) is 6.53. The summed E-state index contributed by atoms with van der Waals surface area (Å²) in [4.78, 5) is 13.4. The molecule has 1 unspecified atom stereocenters. The molecule has 1 saturated carbocycles. The van der Waals surface area contributed by atoms with Gasteiger partial charge in [-0.2, -0.15) is 18.3 Å². The molecule has 1 aromatic rings. The van der Waals surface area contributed by atoms with E-state index in [1.165, 1.54) is 0 Å². The van der Waals surface area contributed by atoms with Crippen molar-refractivity contribution in [2.75, 3.05) is 18.0 Å². The molecule has 0 amide bonds. The van der Waals surface area contributed by atoms with Crippen LogP contribution in [0.2, 0.25) is 5.02 Å². The van der Waals surface area contributed by atoms with Crippen molar-refractivity contribution in [3.8, 4) is 12.8 Å². The van der Waals surface area contributed by atoms with Gasteiger partial charge in [0.1, 0.15) is 5.02 Å². The molecule has 0 spiro atoms. The van der Waals surface area contributed by atoms with Gasteiger partial charge >= 0.3 is 6.18 Å². The van der Waals surface area contributed by atoms with Gasteiger partial charge < -0.3 is 10.6 Å². The predicted octanol–water partition coefficient (Wildman–Crippen LogP) is 3.71. The fraction of sp³-hybridized carbons (Fsp3) is 0.556. The van der Waals surface area contributed by atoms with Crippen LogP contribution in [0.15, 0.2) is 23.3 Å². The molecule has 3 N–H and O–H groups in total. The Morgan fingerprint density at radius 3 is 2.48 bits per heavy atom. The second-order valence-corrected chi connectivity index (χ2v) is 6.91. The molecule has 2 heterocycles. The lowest BCUT2D eigenvalue weighted by molar-refractivity contribution is -0.193. The summed E-state index contributed by atoms with van der Waals surface area (Å²) in [6, 6.07) is 0. The second kappa shape index (κ2) is 10.3. The fourth-order valence-corrected chi connectivity index (χ4v) is 3.13. The summed E-state index contributed by atoms with van der Waals surface area (Å²) < 4.78 is 34.5. The first kappa shape index (κ1) is 22.9. The number of aromatic nitrogens is 2. The highest BCUT2D eigenvalue weighted by Crippen LogP contribution is 2.40. The van der Waals surface area contributed by atoms with Crippen LogP contribution in [0.4, 0.5) is 18.9 Å². The van der Waals surface area contributed by atoms with Crippen molar-refractivity contribution in [3.63, 3.8) is 0 Å². The van der Waals surface area contributed by atoms with Crippen molar-refractivity contribution >= 4 is 17.3 Å². The third-order valence-electron chi connectivity index (χ3n) is 4.52. The van der Waals surface area contributed by atoms with Crippen LogP contribution in [0.3, 0.4) is 0 Å². The van der Waals surface area contributed by atoms with E-state index in [0.29, 0.717) is 30.1 Å². The van der Waals surface area contributed by atoms with E-state index in [0.717, 1.165) is 32.4 Å². The van der Waals surface area contributed by atoms with Crippen LogP contribution in [-0.4, -0.2) is 29.5 Å². The smallest absolute Gasteiger partial charge is 0.391 e. The number of halogens is 4. The van der Waals surface area contributed by atoms with Crippen LogP contribution < -0.4 is 16.2 Å². The van der Waals surface area contributed by atoms with Gasteiger partial charge in [-0.15, -0.1) is 12.8 Å². The highest BCUT2D eigenvalue weighted by atomic mass is 35.5. The van der Waals surface area contributed by atoms with Crippen molar-refractivity contribution in [1.29, 1.82) is 0 Å². The molecule has 5 nitrogen and oxygen atoms in total. The van der Waals surface area contributed by atoms with Gasteiger partial charge in [-0.3, -0.25) is 4.79 Å². The number of H-pyrrole nitrogens is 1. The molecule has 3 rings (SSSR count). The Hall–Kier alpha value is -2.14. The molecular weight excluding hydrogens is 381 g/mol. The normalized spacial score (nSPS) is 19.2. The highest BCUT2D eigenvalue weighted by molar-refractivity contribution is 6.33. The maximum absolute atomic E-state index is 11.5. The third kappa shape index (κ3) is 6.83. The number of rotatable bonds is 3. The zero-order chi connectivity index (χ0) is 20.6. The van der Waals surface area contributed by atoms with E-state index in [-0.39, 0.29) is 10.6 Å². The lowest BCUT2D eigenvalue weighted by Gasteiger charge is -2.27. The zero-order valence-corrected chi connectivity index (χ0v) is 15.7. The van der Waals surface area contributed by atoms with Gasteiger partial charge in [-0.1, -0.05) is 24.6 Å². The van der Waals surface area contributed by atoms with E-state index in [9.17, 15) is 18.0 Å². The number of hydrogen-bond acceptors (Lipinski definition) is 4. The summed E-state index contributed by atoms with van der Waals surface area (Å²) in [5, 5.41) is 6.28. The molecule has 2 aliphatic rings. The monoisotopic (exact) mass is 404 g/mol. The standard InChI is InChI=1S/C11H15ClN4O.C5H7F3.C2H2/c1-7(13)4-8-2-3-16(6-8)9-5-14-15-11(17)10(9)12;6-5(7,8)4-2-1-3-4;1-2/h5,8H,1-4,6,13H2,(H,15,17);4H,1-3H2;1-2H. The van der Waals surface area contributed by atoms with Gasteiger partial charge in [0.25, 0.3) is 5.56 Å². The van der Waals surface area contributed by atoms with Gasteiger partial charge in [0.15, 0.2) is 0 Å². The number of hydrogen-bond donors (Lipinski definition) is 2. The minimum absolute atomic E-state index is 0.201. The van der Waals surface area contributed by atoms with E-state index in [2.05, 4.69) is 34.5 Å². The van der Waals surface area contributed by atoms with Crippen LogP contribution in [0, 0.1) is 24.7 Å². The number of nitrogens with two attached hydrogens (primary N) is 1. The van der Waals surface area contributed by atoms with E-state index in [4.69, 9.17) is 17.3 Å². The van der Waals surface area contributed by atoms with Crippen molar-refractivity contribution in [2.24, 2.45) is 17.6 Å². The van der Waals surface area contributed by atoms with Crippen LogP contribution in [0.25, 0.3) is 0 Å². The molecule has 1 saturated heterocycles. The molecule has 9 heteroatoms. The molecule has 1 atom stereocenters. The van der Waals surface area contributed by atoms with Crippen LogP contribution in [0.5, 0.6) is 0 Å². The number of anilines is 1. The molecule has 150 valence electrons. The van der Waals surface area contributed by atoms with E-state index in [1.54, 1.807) is 6.20 Å². The topological polar surface area (TPSA) is 75.0 Å². The van der Waals surface area contributed by atoms with Crippen LogP contribution in [-0.2, 0) is 0 Å². The summed E-state index contributed by atoms with van der Waals surface area (Å²) in [5.74, 6) is -0.495. The number of allylic oxidation sites excluding steroid dienone is 1. The third-order valence-corrected chi connectivity index (χ3v) is 4.89. The molecular formula is C18H24ClF3N4O. The lowest BCUT2D eigenvalue weighted by atomic mass is 9.85. The molecule has 1 aliphatic carbocycles. The molecule has 0 bridgehead atoms. The average molecular weight is 405 g/mol. The first-order chi connectivity index (χ1) is 12.7. The van der Waals surface area contributed by atoms with E-state index < -0.39 is 12.1 Å². The Morgan fingerprint density at radius 2 is 2.04 bits per heavy atom. The minimum Gasteiger partial charge on any atom is -0.403 e. The summed E-state index contributed by atoms with van der Waals surface area (Å²) in [6.07, 6.45) is 8.98. The van der Waals surface area contributed by atoms with Crippen LogP contribution >= 0.6 is 11.6 Å². The molecule has 0 aromatic carbocycles. The van der Waals surface area contributed by atoms with Gasteiger partial charge in [0.2, 0.25) is 0 Å². The van der Waals surface area contributed by atoms with Gasteiger partial charge in [0, 0.05) is 18.8 Å². The summed E-state index contributed by atoms with van der Waals surface area (Å²) in [7, 11) is 0. The van der Waals surface area contributed by atoms with Crippen molar-refractivity contribution in [3.05, 3.63) is 33.8 Å². The van der Waals surface area contributed by atoms with Crippen molar-refractivity contribution in [1.82, 2.24) is 10.2 Å². The Morgan fingerprint density at radius 1 is 1.41 bits per heavy atom. The quantitative estimate of drug-likeness (QED) is 0.753. The fourth-order valence-electron chi connectivity index (χ4n) is 2.92. The summed E-state index contributed by atoms with van der Waals surface area (Å²) in [6.45, 7) is 5.41. The molecule has 2 fully saturated rings. The number of nitrogens with zero attached hydrogens (tertiary/aromatic N) is 2. The zero-order valence-electron chi connectivity index (χ0n) is 14.9. The molecule has 0 radical (unpaired) electrons. The molecule has 1 aromatic heterocycles. The lowest BCUT2D eigenvalue weighted by Crippen LogP contribution is -2.28. The number of terminal acetylenes is 1. The number of aromatic amines is 1. The van der Waals surface area contributed by atoms with E-state index in [1.807, 2.05) is 0 Å². The summed E-state index contributed by atoms with van der Waals surface area (Å²) >= 11 is 5.96. The maximum Gasteiger partial charge on any atom is 0.391 e. The Labute approximate surface area is 161 Å². The van der Waals surface area contributed by atoms with Gasteiger partial charge in [-0.05, 0) is 31.6 Å². The van der Waals surface area contributed by atoms with Crippen LogP contribution in [0.1, 0.15) is 32.1 Å². The Kier molecular flexibility index (Phi) is 8.70. The minimum atomic E-state index is -3.90. The first-order valence-electron chi connectivity index (χ1n) is 8.50. The number of alkyl halides is 3. The van der Waals surface area contributed by atoms with E-state index >= 15 is 0 Å².